The first-order valence-corrected chi connectivity index (χ1v) is 10.6. The molecule has 0 aliphatic carbocycles. The molecule has 0 N–H and O–H groups in total. The second-order valence-electron chi connectivity index (χ2n) is 8.68. The largest absolute Gasteiger partial charge is 0.310 e. The molecule has 4 aromatic rings. The van der Waals surface area contributed by atoms with E-state index in [1.165, 1.54) is 22.5 Å². The number of nitrogens with zero attached hydrogens (tertiary/aromatic N) is 2. The summed E-state index contributed by atoms with van der Waals surface area (Å²) in [5, 5.41) is 9.15. The molecule has 4 aromatic carbocycles. The van der Waals surface area contributed by atoms with E-state index in [0.717, 1.165) is 22.4 Å². The van der Waals surface area contributed by atoms with Crippen molar-refractivity contribution >= 4 is 17.1 Å². The van der Waals surface area contributed by atoms with Crippen molar-refractivity contribution in [1.82, 2.24) is 0 Å². The van der Waals surface area contributed by atoms with Crippen LogP contribution in [0.15, 0.2) is 91.0 Å². The van der Waals surface area contributed by atoms with Gasteiger partial charge in [-0.2, -0.15) is 5.26 Å². The quantitative estimate of drug-likeness (QED) is 0.346. The van der Waals surface area contributed by atoms with E-state index in [4.69, 9.17) is 5.26 Å². The van der Waals surface area contributed by atoms with Gasteiger partial charge in [0.2, 0.25) is 0 Å². The standard InChI is InChI=1S/C29H24N2/c1-20-18-21(19-30)12-17-24(20)22-13-15-23(16-14-22)31-27-10-6-4-8-25(27)29(2,3)26-9-5-7-11-28(26)31/h4-18H,1-3H3. The van der Waals surface area contributed by atoms with E-state index >= 15 is 0 Å². The molecule has 0 bridgehead atoms. The molecule has 31 heavy (non-hydrogen) atoms. The van der Waals surface area contributed by atoms with Crippen LogP contribution in [-0.4, -0.2) is 0 Å². The van der Waals surface area contributed by atoms with E-state index < -0.39 is 0 Å². The highest BCUT2D eigenvalue weighted by Gasteiger charge is 2.36. The van der Waals surface area contributed by atoms with Crippen LogP contribution in [0.25, 0.3) is 11.1 Å². The van der Waals surface area contributed by atoms with Gasteiger partial charge in [0.1, 0.15) is 0 Å². The lowest BCUT2D eigenvalue weighted by Gasteiger charge is -2.42. The highest BCUT2D eigenvalue weighted by Crippen LogP contribution is 2.51. The second kappa shape index (κ2) is 7.15. The van der Waals surface area contributed by atoms with Gasteiger partial charge in [-0.1, -0.05) is 68.4 Å². The molecule has 1 aliphatic rings. The zero-order valence-corrected chi connectivity index (χ0v) is 18.1. The topological polar surface area (TPSA) is 27.0 Å². The summed E-state index contributed by atoms with van der Waals surface area (Å²) in [7, 11) is 0. The summed E-state index contributed by atoms with van der Waals surface area (Å²) in [6.07, 6.45) is 0. The Hall–Kier alpha value is -3.83. The van der Waals surface area contributed by atoms with Gasteiger partial charge in [0.05, 0.1) is 23.0 Å². The number of benzene rings is 4. The van der Waals surface area contributed by atoms with E-state index in [1.807, 2.05) is 18.2 Å². The van der Waals surface area contributed by atoms with Crippen molar-refractivity contribution in [3.05, 3.63) is 113 Å². The molecule has 2 nitrogen and oxygen atoms in total. The fourth-order valence-corrected chi connectivity index (χ4v) is 4.79. The predicted molar refractivity (Wildman–Crippen MR) is 128 cm³/mol. The lowest BCUT2D eigenvalue weighted by Crippen LogP contribution is -2.30. The first kappa shape index (κ1) is 19.2. The number of aryl methyl sites for hydroxylation is 1. The summed E-state index contributed by atoms with van der Waals surface area (Å²) >= 11 is 0. The van der Waals surface area contributed by atoms with Crippen molar-refractivity contribution in [3.8, 4) is 17.2 Å². The minimum atomic E-state index is -0.0524. The van der Waals surface area contributed by atoms with E-state index in [0.29, 0.717) is 5.56 Å². The Morgan fingerprint density at radius 2 is 1.32 bits per heavy atom. The molecule has 0 unspecified atom stereocenters. The SMILES string of the molecule is Cc1cc(C#N)ccc1-c1ccc(N2c3ccccc3C(C)(C)c3ccccc32)cc1. The zero-order chi connectivity index (χ0) is 21.6. The van der Waals surface area contributed by atoms with Crippen LogP contribution in [0.5, 0.6) is 0 Å². The Balaban J connectivity index is 1.63. The maximum atomic E-state index is 9.15. The molecule has 0 saturated heterocycles. The van der Waals surface area contributed by atoms with Gasteiger partial charge in [-0.3, -0.25) is 0 Å². The van der Waals surface area contributed by atoms with Crippen molar-refractivity contribution in [2.24, 2.45) is 0 Å². The normalized spacial score (nSPS) is 13.8. The summed E-state index contributed by atoms with van der Waals surface area (Å²) in [5.74, 6) is 0. The van der Waals surface area contributed by atoms with Gasteiger partial charge < -0.3 is 4.90 Å². The third kappa shape index (κ3) is 3.02. The molecule has 1 heterocycles. The molecule has 0 fully saturated rings. The number of nitriles is 1. The van der Waals surface area contributed by atoms with Crippen molar-refractivity contribution in [2.45, 2.75) is 26.2 Å². The Morgan fingerprint density at radius 1 is 0.742 bits per heavy atom. The Morgan fingerprint density at radius 3 is 1.87 bits per heavy atom. The van der Waals surface area contributed by atoms with Crippen LogP contribution >= 0.6 is 0 Å². The molecular weight excluding hydrogens is 376 g/mol. The van der Waals surface area contributed by atoms with Crippen LogP contribution < -0.4 is 4.90 Å². The Bertz CT molecular complexity index is 1270. The highest BCUT2D eigenvalue weighted by atomic mass is 15.2. The minimum Gasteiger partial charge on any atom is -0.310 e. The molecule has 0 amide bonds. The maximum Gasteiger partial charge on any atom is 0.0991 e. The molecule has 1 aliphatic heterocycles. The average Bonchev–Trinajstić information content (AvgIpc) is 2.80. The summed E-state index contributed by atoms with van der Waals surface area (Å²) in [6.45, 7) is 6.67. The lowest BCUT2D eigenvalue weighted by atomic mass is 9.73. The van der Waals surface area contributed by atoms with Gasteiger partial charge in [0.15, 0.2) is 0 Å². The molecule has 0 aromatic heterocycles. The number of anilines is 3. The first-order chi connectivity index (χ1) is 15.0. The second-order valence-corrected chi connectivity index (χ2v) is 8.68. The molecule has 150 valence electrons. The minimum absolute atomic E-state index is 0.0524. The number of hydrogen-bond donors (Lipinski definition) is 0. The zero-order valence-electron chi connectivity index (χ0n) is 18.1. The van der Waals surface area contributed by atoms with Crippen LogP contribution in [0.4, 0.5) is 17.1 Å². The Labute approximate surface area is 184 Å². The van der Waals surface area contributed by atoms with Crippen molar-refractivity contribution < 1.29 is 0 Å². The number of para-hydroxylation sites is 2. The third-order valence-electron chi connectivity index (χ3n) is 6.43. The molecule has 0 spiro atoms. The maximum absolute atomic E-state index is 9.15. The van der Waals surface area contributed by atoms with E-state index in [9.17, 15) is 0 Å². The smallest absolute Gasteiger partial charge is 0.0991 e. The van der Waals surface area contributed by atoms with Crippen molar-refractivity contribution in [3.63, 3.8) is 0 Å². The fraction of sp³-hybridized carbons (Fsp3) is 0.138. The van der Waals surface area contributed by atoms with Crippen LogP contribution in [0, 0.1) is 18.3 Å². The van der Waals surface area contributed by atoms with E-state index in [-0.39, 0.29) is 5.41 Å². The summed E-state index contributed by atoms with van der Waals surface area (Å²) in [5.41, 5.74) is 10.3. The van der Waals surface area contributed by atoms with Crippen molar-refractivity contribution in [2.75, 3.05) is 4.90 Å². The van der Waals surface area contributed by atoms with Gasteiger partial charge in [0.25, 0.3) is 0 Å². The predicted octanol–water partition coefficient (Wildman–Crippen LogP) is 7.64. The average molecular weight is 401 g/mol. The lowest BCUT2D eigenvalue weighted by molar-refractivity contribution is 0.632. The van der Waals surface area contributed by atoms with Gasteiger partial charge in [0, 0.05) is 11.1 Å². The van der Waals surface area contributed by atoms with Crippen LogP contribution in [0.3, 0.4) is 0 Å². The van der Waals surface area contributed by atoms with Gasteiger partial charge >= 0.3 is 0 Å². The van der Waals surface area contributed by atoms with Crippen LogP contribution in [0.1, 0.15) is 36.1 Å². The highest BCUT2D eigenvalue weighted by molar-refractivity contribution is 5.86. The summed E-state index contributed by atoms with van der Waals surface area (Å²) in [6, 6.07) is 34.2. The van der Waals surface area contributed by atoms with E-state index in [1.54, 1.807) is 0 Å². The van der Waals surface area contributed by atoms with E-state index in [2.05, 4.69) is 105 Å². The Kier molecular flexibility index (Phi) is 4.41. The van der Waals surface area contributed by atoms with Gasteiger partial charge in [-0.25, -0.2) is 0 Å². The molecule has 2 heteroatoms. The molecule has 5 rings (SSSR count). The van der Waals surface area contributed by atoms with Crippen LogP contribution in [0.2, 0.25) is 0 Å². The van der Waals surface area contributed by atoms with Crippen LogP contribution in [-0.2, 0) is 5.41 Å². The van der Waals surface area contributed by atoms with Gasteiger partial charge in [-0.05, 0) is 71.1 Å². The summed E-state index contributed by atoms with van der Waals surface area (Å²) in [4.78, 5) is 2.37. The summed E-state index contributed by atoms with van der Waals surface area (Å²) < 4.78 is 0. The molecule has 0 saturated carbocycles. The van der Waals surface area contributed by atoms with Gasteiger partial charge in [-0.15, -0.1) is 0 Å². The molecular formula is C29H24N2. The monoisotopic (exact) mass is 400 g/mol. The third-order valence-corrected chi connectivity index (χ3v) is 6.43. The van der Waals surface area contributed by atoms with Crippen molar-refractivity contribution in [1.29, 1.82) is 5.26 Å². The molecule has 0 atom stereocenters. The number of fused-ring (bicyclic) bond motifs is 2. The number of hydrogen-bond acceptors (Lipinski definition) is 2. The number of rotatable bonds is 2. The fourth-order valence-electron chi connectivity index (χ4n) is 4.79. The first-order valence-electron chi connectivity index (χ1n) is 10.6. The molecule has 0 radical (unpaired) electrons.